The van der Waals surface area contributed by atoms with E-state index in [2.05, 4.69) is 4.57 Å². The van der Waals surface area contributed by atoms with E-state index in [1.165, 1.54) is 5.56 Å². The van der Waals surface area contributed by atoms with Gasteiger partial charge in [0.15, 0.2) is 17.3 Å². The highest BCUT2D eigenvalue weighted by molar-refractivity contribution is 6.02. The van der Waals surface area contributed by atoms with Crippen LogP contribution in [0.15, 0.2) is 24.4 Å². The number of hydrogen-bond donors (Lipinski definition) is 0. The van der Waals surface area contributed by atoms with E-state index in [0.717, 1.165) is 35.5 Å². The summed E-state index contributed by atoms with van der Waals surface area (Å²) >= 11 is 0. The van der Waals surface area contributed by atoms with Gasteiger partial charge in [-0.25, -0.2) is 0 Å². The Kier molecular flexibility index (Phi) is 3.45. The summed E-state index contributed by atoms with van der Waals surface area (Å²) in [7, 11) is 3.27. The minimum absolute atomic E-state index is 0.173. The number of carbonyl (C=O) groups is 1. The standard InChI is InChI=1S/C17H19NO3/c1-4-14(19)12-6-8-18-7-5-11-9-15(20-2)16(21-3)10-13(11)17(12)18/h6,8-10H,4-5,7H2,1-3H3. The van der Waals surface area contributed by atoms with Crippen LogP contribution < -0.4 is 9.47 Å². The van der Waals surface area contributed by atoms with E-state index < -0.39 is 0 Å². The van der Waals surface area contributed by atoms with Gasteiger partial charge in [-0.1, -0.05) is 6.92 Å². The van der Waals surface area contributed by atoms with Gasteiger partial charge in [0.1, 0.15) is 0 Å². The molecule has 3 rings (SSSR count). The molecule has 2 heterocycles. The van der Waals surface area contributed by atoms with E-state index in [-0.39, 0.29) is 5.78 Å². The molecule has 0 spiro atoms. The van der Waals surface area contributed by atoms with Gasteiger partial charge in [0, 0.05) is 30.3 Å². The molecule has 2 aromatic rings. The first-order valence-electron chi connectivity index (χ1n) is 7.17. The van der Waals surface area contributed by atoms with Crippen molar-refractivity contribution in [3.05, 3.63) is 35.5 Å². The third kappa shape index (κ3) is 2.11. The predicted molar refractivity (Wildman–Crippen MR) is 81.3 cm³/mol. The molecule has 0 atom stereocenters. The Morgan fingerprint density at radius 3 is 2.62 bits per heavy atom. The van der Waals surface area contributed by atoms with Crippen molar-refractivity contribution in [1.29, 1.82) is 0 Å². The number of benzene rings is 1. The topological polar surface area (TPSA) is 40.5 Å². The Hall–Kier alpha value is -2.23. The maximum atomic E-state index is 12.2. The molecule has 0 saturated heterocycles. The van der Waals surface area contributed by atoms with Crippen LogP contribution in [-0.2, 0) is 13.0 Å². The van der Waals surface area contributed by atoms with Gasteiger partial charge < -0.3 is 14.0 Å². The summed E-state index contributed by atoms with van der Waals surface area (Å²) in [6.07, 6.45) is 3.44. The summed E-state index contributed by atoms with van der Waals surface area (Å²) in [5, 5.41) is 0. The second-order valence-electron chi connectivity index (χ2n) is 5.16. The number of hydrogen-bond acceptors (Lipinski definition) is 3. The molecule has 0 aliphatic carbocycles. The van der Waals surface area contributed by atoms with Crippen molar-refractivity contribution in [3.8, 4) is 22.8 Å². The van der Waals surface area contributed by atoms with Crippen LogP contribution in [0.3, 0.4) is 0 Å². The second-order valence-corrected chi connectivity index (χ2v) is 5.16. The van der Waals surface area contributed by atoms with Crippen molar-refractivity contribution in [3.63, 3.8) is 0 Å². The Labute approximate surface area is 124 Å². The first-order valence-corrected chi connectivity index (χ1v) is 7.17. The molecule has 1 aromatic carbocycles. The van der Waals surface area contributed by atoms with E-state index >= 15 is 0 Å². The van der Waals surface area contributed by atoms with Crippen LogP contribution >= 0.6 is 0 Å². The quantitative estimate of drug-likeness (QED) is 0.809. The van der Waals surface area contributed by atoms with E-state index in [9.17, 15) is 4.79 Å². The number of Topliss-reactive ketones (excluding diaryl/α,β-unsaturated/α-hetero) is 1. The summed E-state index contributed by atoms with van der Waals surface area (Å²) in [6, 6.07) is 5.92. The second kappa shape index (κ2) is 5.28. The Balaban J connectivity index is 2.21. The minimum Gasteiger partial charge on any atom is -0.493 e. The van der Waals surface area contributed by atoms with E-state index in [1.54, 1.807) is 14.2 Å². The molecule has 1 aliphatic heterocycles. The average molecular weight is 285 g/mol. The van der Waals surface area contributed by atoms with Crippen LogP contribution in [0.25, 0.3) is 11.3 Å². The molecule has 0 amide bonds. The van der Waals surface area contributed by atoms with Crippen molar-refractivity contribution in [2.24, 2.45) is 0 Å². The first kappa shape index (κ1) is 13.7. The number of fused-ring (bicyclic) bond motifs is 3. The molecule has 21 heavy (non-hydrogen) atoms. The van der Waals surface area contributed by atoms with Crippen LogP contribution in [0, 0.1) is 0 Å². The van der Waals surface area contributed by atoms with Crippen LogP contribution in [0.4, 0.5) is 0 Å². The Morgan fingerprint density at radius 2 is 1.95 bits per heavy atom. The number of carbonyl (C=O) groups excluding carboxylic acids is 1. The lowest BCUT2D eigenvalue weighted by molar-refractivity contribution is 0.0989. The zero-order chi connectivity index (χ0) is 15.0. The summed E-state index contributed by atoms with van der Waals surface area (Å²) in [4.78, 5) is 12.2. The van der Waals surface area contributed by atoms with Gasteiger partial charge in [0.25, 0.3) is 0 Å². The lowest BCUT2D eigenvalue weighted by Gasteiger charge is -2.22. The van der Waals surface area contributed by atoms with Crippen molar-refractivity contribution < 1.29 is 14.3 Å². The minimum atomic E-state index is 0.173. The summed E-state index contributed by atoms with van der Waals surface area (Å²) in [6.45, 7) is 2.78. The van der Waals surface area contributed by atoms with Gasteiger partial charge in [-0.05, 0) is 30.2 Å². The van der Waals surface area contributed by atoms with Crippen LogP contribution in [0.5, 0.6) is 11.5 Å². The van der Waals surface area contributed by atoms with Gasteiger partial charge in [0.05, 0.1) is 19.9 Å². The van der Waals surface area contributed by atoms with E-state index in [4.69, 9.17) is 9.47 Å². The van der Waals surface area contributed by atoms with Crippen molar-refractivity contribution in [2.45, 2.75) is 26.3 Å². The molecule has 0 radical (unpaired) electrons. The fourth-order valence-electron chi connectivity index (χ4n) is 2.96. The number of rotatable bonds is 4. The van der Waals surface area contributed by atoms with E-state index in [0.29, 0.717) is 12.2 Å². The maximum Gasteiger partial charge on any atom is 0.164 e. The highest BCUT2D eigenvalue weighted by Crippen LogP contribution is 2.40. The lowest BCUT2D eigenvalue weighted by atomic mass is 9.94. The third-order valence-corrected chi connectivity index (χ3v) is 4.07. The summed E-state index contributed by atoms with van der Waals surface area (Å²) in [5.74, 6) is 1.60. The molecule has 4 heteroatoms. The number of nitrogens with zero attached hydrogens (tertiary/aromatic N) is 1. The molecular weight excluding hydrogens is 266 g/mol. The maximum absolute atomic E-state index is 12.2. The molecule has 0 N–H and O–H groups in total. The molecule has 0 bridgehead atoms. The first-order chi connectivity index (χ1) is 10.2. The van der Waals surface area contributed by atoms with Crippen molar-refractivity contribution in [1.82, 2.24) is 4.57 Å². The molecular formula is C17H19NO3. The average Bonchev–Trinajstić information content (AvgIpc) is 2.96. The van der Waals surface area contributed by atoms with Gasteiger partial charge in [0.2, 0.25) is 0 Å². The molecule has 0 saturated carbocycles. The summed E-state index contributed by atoms with van der Waals surface area (Å²) in [5.41, 5.74) is 4.07. The van der Waals surface area contributed by atoms with Crippen molar-refractivity contribution in [2.75, 3.05) is 14.2 Å². The lowest BCUT2D eigenvalue weighted by Crippen LogP contribution is -2.12. The SMILES string of the molecule is CCC(=O)c1ccn2c1-c1cc(OC)c(OC)cc1CC2. The van der Waals surface area contributed by atoms with Gasteiger partial charge >= 0.3 is 0 Å². The fraction of sp³-hybridized carbons (Fsp3) is 0.353. The number of aromatic nitrogens is 1. The van der Waals surface area contributed by atoms with Crippen LogP contribution in [-0.4, -0.2) is 24.6 Å². The zero-order valence-corrected chi connectivity index (χ0v) is 12.6. The highest BCUT2D eigenvalue weighted by Gasteiger charge is 2.24. The molecule has 110 valence electrons. The Morgan fingerprint density at radius 1 is 1.24 bits per heavy atom. The largest absolute Gasteiger partial charge is 0.493 e. The predicted octanol–water partition coefficient (Wildman–Crippen LogP) is 3.32. The Bertz CT molecular complexity index is 700. The molecule has 0 unspecified atom stereocenters. The molecule has 1 aromatic heterocycles. The number of ketones is 1. The number of aryl methyl sites for hydroxylation is 2. The molecule has 1 aliphatic rings. The van der Waals surface area contributed by atoms with Crippen molar-refractivity contribution >= 4 is 5.78 Å². The third-order valence-electron chi connectivity index (χ3n) is 4.07. The summed E-state index contributed by atoms with van der Waals surface area (Å²) < 4.78 is 12.9. The van der Waals surface area contributed by atoms with Gasteiger partial charge in [-0.3, -0.25) is 4.79 Å². The van der Waals surface area contributed by atoms with Crippen LogP contribution in [0.2, 0.25) is 0 Å². The van der Waals surface area contributed by atoms with Gasteiger partial charge in [-0.2, -0.15) is 0 Å². The smallest absolute Gasteiger partial charge is 0.164 e. The van der Waals surface area contributed by atoms with Crippen LogP contribution in [0.1, 0.15) is 29.3 Å². The molecule has 0 fully saturated rings. The molecule has 4 nitrogen and oxygen atoms in total. The van der Waals surface area contributed by atoms with Gasteiger partial charge in [-0.15, -0.1) is 0 Å². The number of methoxy groups -OCH3 is 2. The normalized spacial score (nSPS) is 12.5. The zero-order valence-electron chi connectivity index (χ0n) is 12.6. The van der Waals surface area contributed by atoms with E-state index in [1.807, 2.05) is 31.3 Å². The highest BCUT2D eigenvalue weighted by atomic mass is 16.5. The number of ether oxygens (including phenoxy) is 2. The fourth-order valence-corrected chi connectivity index (χ4v) is 2.96. The monoisotopic (exact) mass is 285 g/mol.